The van der Waals surface area contributed by atoms with Gasteiger partial charge in [-0.1, -0.05) is 42.8 Å². The summed E-state index contributed by atoms with van der Waals surface area (Å²) in [4.78, 5) is 31.1. The SMILES string of the molecule is O=C(NCc1cccc(Cn2ccnc2)c1)C(=O)Nc1ccc(CCN2CCCCC2)cc1. The Hall–Kier alpha value is -3.45. The predicted octanol–water partition coefficient (Wildman–Crippen LogP) is 3.21. The van der Waals surface area contributed by atoms with Gasteiger partial charge >= 0.3 is 11.8 Å². The molecule has 3 aromatic rings. The van der Waals surface area contributed by atoms with Gasteiger partial charge in [0, 0.05) is 37.7 Å². The summed E-state index contributed by atoms with van der Waals surface area (Å²) in [6.07, 6.45) is 10.3. The Kier molecular flexibility index (Phi) is 7.87. The molecule has 2 N–H and O–H groups in total. The number of nitrogens with one attached hydrogen (secondary N) is 2. The summed E-state index contributed by atoms with van der Waals surface area (Å²) in [5.74, 6) is -1.31. The fourth-order valence-corrected chi connectivity index (χ4v) is 4.10. The molecule has 172 valence electrons. The Morgan fingerprint density at radius 2 is 1.70 bits per heavy atom. The predicted molar refractivity (Wildman–Crippen MR) is 129 cm³/mol. The third kappa shape index (κ3) is 7.02. The first kappa shape index (κ1) is 22.7. The first-order valence-corrected chi connectivity index (χ1v) is 11.6. The maximum absolute atomic E-state index is 12.3. The molecule has 0 unspecified atom stereocenters. The van der Waals surface area contributed by atoms with Gasteiger partial charge in [-0.2, -0.15) is 0 Å². The van der Waals surface area contributed by atoms with Crippen molar-refractivity contribution >= 4 is 17.5 Å². The number of aromatic nitrogens is 2. The van der Waals surface area contributed by atoms with Crippen LogP contribution in [0.5, 0.6) is 0 Å². The molecule has 1 fully saturated rings. The molecular weight excluding hydrogens is 414 g/mol. The van der Waals surface area contributed by atoms with Crippen LogP contribution in [0.15, 0.2) is 67.3 Å². The first-order chi connectivity index (χ1) is 16.2. The Balaban J connectivity index is 1.22. The van der Waals surface area contributed by atoms with Crippen LogP contribution in [0.1, 0.15) is 36.0 Å². The third-order valence-corrected chi connectivity index (χ3v) is 5.95. The molecule has 33 heavy (non-hydrogen) atoms. The van der Waals surface area contributed by atoms with Crippen LogP contribution < -0.4 is 10.6 Å². The largest absolute Gasteiger partial charge is 0.344 e. The van der Waals surface area contributed by atoms with E-state index in [1.54, 1.807) is 12.5 Å². The van der Waals surface area contributed by atoms with Gasteiger partial charge in [-0.3, -0.25) is 9.59 Å². The summed E-state index contributed by atoms with van der Waals surface area (Å²) in [7, 11) is 0. The molecule has 2 aromatic carbocycles. The number of rotatable bonds is 8. The number of carbonyl (C=O) groups excluding carboxylic acids is 2. The highest BCUT2D eigenvalue weighted by atomic mass is 16.2. The topological polar surface area (TPSA) is 79.3 Å². The zero-order valence-corrected chi connectivity index (χ0v) is 18.9. The second-order valence-corrected chi connectivity index (χ2v) is 8.54. The molecule has 2 heterocycles. The molecule has 1 aliphatic rings. The smallest absolute Gasteiger partial charge is 0.313 e. The van der Waals surface area contributed by atoms with Gasteiger partial charge in [0.05, 0.1) is 6.33 Å². The molecule has 7 heteroatoms. The first-order valence-electron chi connectivity index (χ1n) is 11.6. The Labute approximate surface area is 194 Å². The van der Waals surface area contributed by atoms with Gasteiger partial charge in [-0.05, 0) is 61.2 Å². The van der Waals surface area contributed by atoms with Crippen molar-refractivity contribution in [3.8, 4) is 0 Å². The molecule has 1 aromatic heterocycles. The van der Waals surface area contributed by atoms with Gasteiger partial charge in [0.1, 0.15) is 0 Å². The van der Waals surface area contributed by atoms with Gasteiger partial charge in [0.25, 0.3) is 0 Å². The average molecular weight is 446 g/mol. The van der Waals surface area contributed by atoms with Gasteiger partial charge in [0.2, 0.25) is 0 Å². The lowest BCUT2D eigenvalue weighted by Crippen LogP contribution is -2.35. The minimum Gasteiger partial charge on any atom is -0.344 e. The third-order valence-electron chi connectivity index (χ3n) is 5.95. The van der Waals surface area contributed by atoms with E-state index in [-0.39, 0.29) is 0 Å². The normalized spacial score (nSPS) is 14.1. The van der Waals surface area contributed by atoms with E-state index in [2.05, 4.69) is 20.5 Å². The van der Waals surface area contributed by atoms with Gasteiger partial charge in [-0.15, -0.1) is 0 Å². The minimum atomic E-state index is -0.661. The van der Waals surface area contributed by atoms with Gasteiger partial charge in [0.15, 0.2) is 0 Å². The van der Waals surface area contributed by atoms with E-state index in [1.165, 1.54) is 37.9 Å². The molecule has 0 bridgehead atoms. The number of hydrogen-bond acceptors (Lipinski definition) is 4. The molecule has 0 radical (unpaired) electrons. The van der Waals surface area contributed by atoms with Crippen molar-refractivity contribution in [3.05, 3.63) is 83.9 Å². The van der Waals surface area contributed by atoms with Gasteiger partial charge in [-0.25, -0.2) is 4.98 Å². The lowest BCUT2D eigenvalue weighted by molar-refractivity contribution is -0.136. The standard InChI is InChI=1S/C26H31N5O2/c32-25(28-18-22-5-4-6-23(17-22)19-31-16-12-27-20-31)26(33)29-24-9-7-21(8-10-24)11-15-30-13-2-1-3-14-30/h4-10,12,16-17,20H,1-3,11,13-15,18-19H2,(H,28,32)(H,29,33). The minimum absolute atomic E-state index is 0.291. The van der Waals surface area contributed by atoms with E-state index in [1.807, 2.05) is 59.3 Å². The number of nitrogens with zero attached hydrogens (tertiary/aromatic N) is 3. The molecule has 1 saturated heterocycles. The summed E-state index contributed by atoms with van der Waals surface area (Å²) in [6.45, 7) is 4.45. The quantitative estimate of drug-likeness (QED) is 0.522. The summed E-state index contributed by atoms with van der Waals surface area (Å²) < 4.78 is 1.98. The molecular formula is C26H31N5O2. The summed E-state index contributed by atoms with van der Waals surface area (Å²) in [6, 6.07) is 15.7. The molecule has 0 spiro atoms. The number of benzene rings is 2. The van der Waals surface area contributed by atoms with Crippen LogP contribution in [0.3, 0.4) is 0 Å². The van der Waals surface area contributed by atoms with E-state index in [9.17, 15) is 9.59 Å². The second-order valence-electron chi connectivity index (χ2n) is 8.54. The van der Waals surface area contributed by atoms with Crippen molar-refractivity contribution in [2.45, 2.75) is 38.8 Å². The van der Waals surface area contributed by atoms with E-state index in [0.29, 0.717) is 18.8 Å². The highest BCUT2D eigenvalue weighted by molar-refractivity contribution is 6.39. The van der Waals surface area contributed by atoms with Crippen LogP contribution in [-0.4, -0.2) is 45.9 Å². The van der Waals surface area contributed by atoms with Crippen LogP contribution in [0.2, 0.25) is 0 Å². The number of likely N-dealkylation sites (tertiary alicyclic amines) is 1. The molecule has 0 saturated carbocycles. The van der Waals surface area contributed by atoms with Crippen LogP contribution in [0.4, 0.5) is 5.69 Å². The highest BCUT2D eigenvalue weighted by Crippen LogP contribution is 2.13. The number of carbonyl (C=O) groups is 2. The summed E-state index contributed by atoms with van der Waals surface area (Å²) in [5, 5.41) is 5.38. The van der Waals surface area contributed by atoms with Crippen molar-refractivity contribution in [1.29, 1.82) is 0 Å². The van der Waals surface area contributed by atoms with E-state index in [0.717, 1.165) is 24.1 Å². The molecule has 2 amide bonds. The van der Waals surface area contributed by atoms with Crippen LogP contribution >= 0.6 is 0 Å². The van der Waals surface area contributed by atoms with Crippen molar-refractivity contribution in [2.24, 2.45) is 0 Å². The zero-order valence-electron chi connectivity index (χ0n) is 18.9. The lowest BCUT2D eigenvalue weighted by Gasteiger charge is -2.26. The van der Waals surface area contributed by atoms with Crippen molar-refractivity contribution < 1.29 is 9.59 Å². The highest BCUT2D eigenvalue weighted by Gasteiger charge is 2.14. The molecule has 0 atom stereocenters. The van der Waals surface area contributed by atoms with Crippen LogP contribution in [0.25, 0.3) is 0 Å². The number of hydrogen-bond donors (Lipinski definition) is 2. The maximum atomic E-state index is 12.3. The Morgan fingerprint density at radius 3 is 2.45 bits per heavy atom. The van der Waals surface area contributed by atoms with Crippen LogP contribution in [0, 0.1) is 0 Å². The van der Waals surface area contributed by atoms with E-state index in [4.69, 9.17) is 0 Å². The zero-order chi connectivity index (χ0) is 22.9. The molecule has 4 rings (SSSR count). The van der Waals surface area contributed by atoms with Crippen LogP contribution in [-0.2, 0) is 29.1 Å². The maximum Gasteiger partial charge on any atom is 0.313 e. The lowest BCUT2D eigenvalue weighted by atomic mass is 10.1. The summed E-state index contributed by atoms with van der Waals surface area (Å²) in [5.41, 5.74) is 3.90. The average Bonchev–Trinajstić information content (AvgIpc) is 3.36. The Bertz CT molecular complexity index is 1040. The van der Waals surface area contributed by atoms with E-state index >= 15 is 0 Å². The fraction of sp³-hybridized carbons (Fsp3) is 0.346. The van der Waals surface area contributed by atoms with E-state index < -0.39 is 11.8 Å². The molecule has 0 aliphatic carbocycles. The van der Waals surface area contributed by atoms with Gasteiger partial charge < -0.3 is 20.1 Å². The fourth-order valence-electron chi connectivity index (χ4n) is 4.10. The Morgan fingerprint density at radius 1 is 0.909 bits per heavy atom. The summed E-state index contributed by atoms with van der Waals surface area (Å²) >= 11 is 0. The van der Waals surface area contributed by atoms with Crippen molar-refractivity contribution in [2.75, 3.05) is 25.0 Å². The van der Waals surface area contributed by atoms with Crippen molar-refractivity contribution in [3.63, 3.8) is 0 Å². The number of amides is 2. The number of anilines is 1. The second kappa shape index (κ2) is 11.4. The molecule has 1 aliphatic heterocycles. The molecule has 7 nitrogen and oxygen atoms in total. The monoisotopic (exact) mass is 445 g/mol. The number of imidazole rings is 1. The van der Waals surface area contributed by atoms with Crippen molar-refractivity contribution in [1.82, 2.24) is 19.8 Å². The number of piperidine rings is 1.